The summed E-state index contributed by atoms with van der Waals surface area (Å²) in [6.45, 7) is 8.60. The Hall–Kier alpha value is -2.51. The fourth-order valence-electron chi connectivity index (χ4n) is 3.84. The largest absolute Gasteiger partial charge is 0.347 e. The van der Waals surface area contributed by atoms with Gasteiger partial charge in [-0.2, -0.15) is 0 Å². The molecule has 1 aromatic heterocycles. The maximum absolute atomic E-state index is 13.0. The van der Waals surface area contributed by atoms with Crippen LogP contribution in [0.4, 0.5) is 11.5 Å². The SMILES string of the molecule is Cc1nc(Nc2ccc(C(C)C)cc2)cc(C(=O)N2CCC3(CC2)OCCO3)n1. The molecule has 0 atom stereocenters. The predicted octanol–water partition coefficient (Wildman–Crippen LogP) is 3.63. The first-order valence-electron chi connectivity index (χ1n) is 10.2. The van der Waals surface area contributed by atoms with Crippen LogP contribution in [0.15, 0.2) is 30.3 Å². The second-order valence-corrected chi connectivity index (χ2v) is 7.99. The Kier molecular flexibility index (Phi) is 5.52. The van der Waals surface area contributed by atoms with E-state index in [1.54, 1.807) is 13.0 Å². The van der Waals surface area contributed by atoms with E-state index in [1.165, 1.54) is 5.56 Å². The third-order valence-corrected chi connectivity index (χ3v) is 5.53. The van der Waals surface area contributed by atoms with E-state index in [2.05, 4.69) is 41.3 Å². The molecule has 7 nitrogen and oxygen atoms in total. The molecule has 4 rings (SSSR count). The number of carbonyl (C=O) groups is 1. The summed E-state index contributed by atoms with van der Waals surface area (Å²) < 4.78 is 11.5. The molecular weight excluding hydrogens is 368 g/mol. The van der Waals surface area contributed by atoms with E-state index in [4.69, 9.17) is 9.47 Å². The molecule has 0 bridgehead atoms. The van der Waals surface area contributed by atoms with Crippen molar-refractivity contribution in [1.82, 2.24) is 14.9 Å². The van der Waals surface area contributed by atoms with E-state index >= 15 is 0 Å². The maximum Gasteiger partial charge on any atom is 0.272 e. The van der Waals surface area contributed by atoms with Crippen molar-refractivity contribution >= 4 is 17.4 Å². The van der Waals surface area contributed by atoms with Crippen molar-refractivity contribution in [2.75, 3.05) is 31.6 Å². The molecule has 2 aromatic rings. The van der Waals surface area contributed by atoms with E-state index in [1.807, 2.05) is 17.0 Å². The summed E-state index contributed by atoms with van der Waals surface area (Å²) in [5.41, 5.74) is 2.62. The number of anilines is 2. The first kappa shape index (κ1) is 19.8. The van der Waals surface area contributed by atoms with Crippen molar-refractivity contribution < 1.29 is 14.3 Å². The van der Waals surface area contributed by atoms with Crippen molar-refractivity contribution in [2.45, 2.75) is 45.3 Å². The lowest BCUT2D eigenvalue weighted by atomic mass is 10.0. The molecular formula is C22H28N4O3. The van der Waals surface area contributed by atoms with E-state index in [0.29, 0.717) is 62.4 Å². The van der Waals surface area contributed by atoms with Gasteiger partial charge in [0.1, 0.15) is 17.3 Å². The number of hydrogen-bond donors (Lipinski definition) is 1. The monoisotopic (exact) mass is 396 g/mol. The molecule has 2 fully saturated rings. The fourth-order valence-corrected chi connectivity index (χ4v) is 3.84. The van der Waals surface area contributed by atoms with Crippen LogP contribution in [0.3, 0.4) is 0 Å². The summed E-state index contributed by atoms with van der Waals surface area (Å²) in [7, 11) is 0. The Morgan fingerprint density at radius 3 is 2.38 bits per heavy atom. The van der Waals surface area contributed by atoms with Gasteiger partial charge in [0, 0.05) is 37.7 Å². The Bertz CT molecular complexity index is 866. The van der Waals surface area contributed by atoms with Crippen molar-refractivity contribution in [3.05, 3.63) is 47.4 Å². The van der Waals surface area contributed by atoms with Crippen LogP contribution in [0.2, 0.25) is 0 Å². The smallest absolute Gasteiger partial charge is 0.272 e. The van der Waals surface area contributed by atoms with Gasteiger partial charge < -0.3 is 19.7 Å². The van der Waals surface area contributed by atoms with Gasteiger partial charge in [-0.1, -0.05) is 26.0 Å². The zero-order chi connectivity index (χ0) is 20.4. The summed E-state index contributed by atoms with van der Waals surface area (Å²) in [4.78, 5) is 23.6. The van der Waals surface area contributed by atoms with Crippen LogP contribution >= 0.6 is 0 Å². The molecule has 154 valence electrons. The van der Waals surface area contributed by atoms with Gasteiger partial charge in [-0.25, -0.2) is 9.97 Å². The number of nitrogens with one attached hydrogen (secondary N) is 1. The molecule has 2 aliphatic heterocycles. The topological polar surface area (TPSA) is 76.6 Å². The predicted molar refractivity (Wildman–Crippen MR) is 110 cm³/mol. The third kappa shape index (κ3) is 4.41. The van der Waals surface area contributed by atoms with Gasteiger partial charge in [0.2, 0.25) is 0 Å². The number of ether oxygens (including phenoxy) is 2. The van der Waals surface area contributed by atoms with Crippen LogP contribution in [0.5, 0.6) is 0 Å². The molecule has 7 heteroatoms. The number of piperidine rings is 1. The minimum Gasteiger partial charge on any atom is -0.347 e. The number of aromatic nitrogens is 2. The number of aryl methyl sites for hydroxylation is 1. The summed E-state index contributed by atoms with van der Waals surface area (Å²) in [6.07, 6.45) is 1.38. The van der Waals surface area contributed by atoms with Crippen LogP contribution in [0.25, 0.3) is 0 Å². The van der Waals surface area contributed by atoms with Gasteiger partial charge in [0.05, 0.1) is 13.2 Å². The summed E-state index contributed by atoms with van der Waals surface area (Å²) in [5.74, 6) is 1.09. The average molecular weight is 396 g/mol. The molecule has 1 amide bonds. The number of hydrogen-bond acceptors (Lipinski definition) is 6. The molecule has 0 unspecified atom stereocenters. The molecule has 2 saturated heterocycles. The van der Waals surface area contributed by atoms with Crippen molar-refractivity contribution in [2.24, 2.45) is 0 Å². The molecule has 1 N–H and O–H groups in total. The molecule has 29 heavy (non-hydrogen) atoms. The van der Waals surface area contributed by atoms with E-state index in [-0.39, 0.29) is 5.91 Å². The Balaban J connectivity index is 1.45. The third-order valence-electron chi connectivity index (χ3n) is 5.53. The lowest BCUT2D eigenvalue weighted by Crippen LogP contribution is -2.47. The Morgan fingerprint density at radius 2 is 1.76 bits per heavy atom. The first-order chi connectivity index (χ1) is 13.9. The second kappa shape index (κ2) is 8.08. The lowest BCUT2D eigenvalue weighted by Gasteiger charge is -2.37. The van der Waals surface area contributed by atoms with Crippen LogP contribution in [-0.2, 0) is 9.47 Å². The molecule has 2 aliphatic rings. The zero-order valence-corrected chi connectivity index (χ0v) is 17.3. The Labute approximate surface area is 171 Å². The highest BCUT2D eigenvalue weighted by molar-refractivity contribution is 5.93. The molecule has 3 heterocycles. The molecule has 0 radical (unpaired) electrons. The van der Waals surface area contributed by atoms with Gasteiger partial charge in [-0.3, -0.25) is 4.79 Å². The van der Waals surface area contributed by atoms with Crippen LogP contribution < -0.4 is 5.32 Å². The van der Waals surface area contributed by atoms with Gasteiger partial charge >= 0.3 is 0 Å². The zero-order valence-electron chi connectivity index (χ0n) is 17.3. The summed E-state index contributed by atoms with van der Waals surface area (Å²) in [6, 6.07) is 9.98. The van der Waals surface area contributed by atoms with Crippen LogP contribution in [0.1, 0.15) is 54.5 Å². The van der Waals surface area contributed by atoms with Gasteiger partial charge in [0.25, 0.3) is 5.91 Å². The van der Waals surface area contributed by atoms with Gasteiger partial charge in [-0.15, -0.1) is 0 Å². The Morgan fingerprint density at radius 1 is 1.10 bits per heavy atom. The van der Waals surface area contributed by atoms with Crippen molar-refractivity contribution in [3.63, 3.8) is 0 Å². The quantitative estimate of drug-likeness (QED) is 0.850. The summed E-state index contributed by atoms with van der Waals surface area (Å²) in [5, 5.41) is 3.29. The van der Waals surface area contributed by atoms with Crippen molar-refractivity contribution in [1.29, 1.82) is 0 Å². The average Bonchev–Trinajstić information content (AvgIpc) is 3.16. The van der Waals surface area contributed by atoms with Crippen LogP contribution in [0, 0.1) is 6.92 Å². The van der Waals surface area contributed by atoms with Gasteiger partial charge in [-0.05, 0) is 30.5 Å². The number of likely N-dealkylation sites (tertiary alicyclic amines) is 1. The molecule has 0 saturated carbocycles. The van der Waals surface area contributed by atoms with Gasteiger partial charge in [0.15, 0.2) is 5.79 Å². The number of carbonyl (C=O) groups excluding carboxylic acids is 1. The molecule has 0 aliphatic carbocycles. The van der Waals surface area contributed by atoms with E-state index < -0.39 is 5.79 Å². The standard InChI is InChI=1S/C22H28N4O3/c1-15(2)17-4-6-18(7-5-17)25-20-14-19(23-16(3)24-20)21(27)26-10-8-22(9-11-26)28-12-13-29-22/h4-7,14-15H,8-13H2,1-3H3,(H,23,24,25). The number of rotatable bonds is 4. The fraction of sp³-hybridized carbons (Fsp3) is 0.500. The number of amides is 1. The van der Waals surface area contributed by atoms with E-state index in [0.717, 1.165) is 5.69 Å². The van der Waals surface area contributed by atoms with Crippen molar-refractivity contribution in [3.8, 4) is 0 Å². The lowest BCUT2D eigenvalue weighted by molar-refractivity contribution is -0.181. The minimum atomic E-state index is -0.493. The molecule has 1 spiro atoms. The molecule has 1 aromatic carbocycles. The normalized spacial score (nSPS) is 18.4. The highest BCUT2D eigenvalue weighted by atomic mass is 16.7. The number of nitrogens with zero attached hydrogens (tertiary/aromatic N) is 3. The van der Waals surface area contributed by atoms with E-state index in [9.17, 15) is 4.79 Å². The maximum atomic E-state index is 13.0. The second-order valence-electron chi connectivity index (χ2n) is 7.99. The number of benzene rings is 1. The first-order valence-corrected chi connectivity index (χ1v) is 10.2. The minimum absolute atomic E-state index is 0.0819. The summed E-state index contributed by atoms with van der Waals surface area (Å²) >= 11 is 0. The highest BCUT2D eigenvalue weighted by Gasteiger charge is 2.41. The van der Waals surface area contributed by atoms with Crippen LogP contribution in [-0.4, -0.2) is 52.9 Å². The highest BCUT2D eigenvalue weighted by Crippen LogP contribution is 2.31.